The molecule has 0 aliphatic carbocycles. The normalized spacial score (nSPS) is 10.7. The molecule has 1 aromatic carbocycles. The lowest BCUT2D eigenvalue weighted by atomic mass is 10.1. The van der Waals surface area contributed by atoms with Crippen LogP contribution in [0.1, 0.15) is 36.7 Å². The van der Waals surface area contributed by atoms with Crippen LogP contribution in [0, 0.1) is 0 Å². The molecule has 0 fully saturated rings. The first-order valence-electron chi connectivity index (χ1n) is 6.66. The van der Waals surface area contributed by atoms with Gasteiger partial charge in [0.05, 0.1) is 0 Å². The second kappa shape index (κ2) is 7.09. The lowest BCUT2D eigenvalue weighted by Crippen LogP contribution is -2.12. The number of nitrogens with one attached hydrogen (secondary N) is 1. The maximum atomic E-state index is 11.3. The third-order valence-electron chi connectivity index (χ3n) is 2.91. The average molecular weight is 290 g/mol. The Kier molecular flexibility index (Phi) is 5.17. The number of thioether (sulfide) groups is 1. The molecule has 0 saturated heterocycles. The predicted molar refractivity (Wildman–Crippen MR) is 80.6 cm³/mol. The fourth-order valence-electron chi connectivity index (χ4n) is 1.88. The average Bonchev–Trinajstić information content (AvgIpc) is 2.94. The molecule has 0 aliphatic heterocycles. The zero-order chi connectivity index (χ0) is 14.4. The van der Waals surface area contributed by atoms with Crippen LogP contribution in [0.15, 0.2) is 29.2 Å². The molecule has 1 aromatic heterocycles. The van der Waals surface area contributed by atoms with E-state index in [2.05, 4.69) is 28.4 Å². The van der Waals surface area contributed by atoms with Crippen LogP contribution in [0.2, 0.25) is 0 Å². The van der Waals surface area contributed by atoms with Gasteiger partial charge in [-0.05, 0) is 24.3 Å². The molecule has 0 radical (unpaired) electrons. The summed E-state index contributed by atoms with van der Waals surface area (Å²) in [7, 11) is 0. The van der Waals surface area contributed by atoms with E-state index in [0.29, 0.717) is 5.69 Å². The van der Waals surface area contributed by atoms with Crippen molar-refractivity contribution in [3.63, 3.8) is 0 Å². The fraction of sp³-hybridized carbons (Fsp3) is 0.357. The van der Waals surface area contributed by atoms with E-state index in [-0.39, 0.29) is 5.69 Å². The summed E-state index contributed by atoms with van der Waals surface area (Å²) in [6.07, 6.45) is 3.69. The van der Waals surface area contributed by atoms with Crippen LogP contribution in [0.3, 0.4) is 0 Å². The van der Waals surface area contributed by atoms with E-state index in [4.69, 9.17) is 5.73 Å². The Morgan fingerprint density at radius 3 is 2.95 bits per heavy atom. The van der Waals surface area contributed by atoms with Gasteiger partial charge in [0, 0.05) is 10.5 Å². The van der Waals surface area contributed by atoms with Crippen molar-refractivity contribution in [2.24, 2.45) is 5.73 Å². The number of primary amides is 1. The van der Waals surface area contributed by atoms with Crippen LogP contribution in [-0.2, 0) is 0 Å². The van der Waals surface area contributed by atoms with Gasteiger partial charge in [-0.1, -0.05) is 31.9 Å². The van der Waals surface area contributed by atoms with Crippen LogP contribution in [-0.4, -0.2) is 27.1 Å². The third-order valence-corrected chi connectivity index (χ3v) is 3.99. The first-order valence-corrected chi connectivity index (χ1v) is 7.64. The number of nitrogens with two attached hydrogens (primary N) is 1. The smallest absolute Gasteiger partial charge is 0.271 e. The molecule has 0 unspecified atom stereocenters. The maximum absolute atomic E-state index is 11.3. The lowest BCUT2D eigenvalue weighted by molar-refractivity contribution is 0.0996. The van der Waals surface area contributed by atoms with Crippen LogP contribution in [0.25, 0.3) is 11.3 Å². The summed E-state index contributed by atoms with van der Waals surface area (Å²) in [5, 5.41) is 10.3. The second-order valence-corrected chi connectivity index (χ2v) is 5.64. The van der Waals surface area contributed by atoms with Gasteiger partial charge in [-0.2, -0.15) is 15.4 Å². The number of amides is 1. The molecule has 5 nitrogen and oxygen atoms in total. The van der Waals surface area contributed by atoms with Gasteiger partial charge < -0.3 is 5.73 Å². The minimum atomic E-state index is -0.574. The van der Waals surface area contributed by atoms with E-state index < -0.39 is 5.91 Å². The molecule has 0 spiro atoms. The van der Waals surface area contributed by atoms with E-state index in [1.54, 1.807) is 0 Å². The Labute approximate surface area is 122 Å². The summed E-state index contributed by atoms with van der Waals surface area (Å²) >= 11 is 1.81. The SMILES string of the molecule is CCCCCSc1cccc(-c2n[nH]nc2C(N)=O)c1. The van der Waals surface area contributed by atoms with Crippen LogP contribution >= 0.6 is 11.8 Å². The first kappa shape index (κ1) is 14.6. The van der Waals surface area contributed by atoms with E-state index in [1.165, 1.54) is 19.3 Å². The number of rotatable bonds is 7. The fourth-order valence-corrected chi connectivity index (χ4v) is 2.85. The Morgan fingerprint density at radius 2 is 2.20 bits per heavy atom. The Bertz CT molecular complexity index is 582. The number of hydrogen-bond acceptors (Lipinski definition) is 4. The van der Waals surface area contributed by atoms with Crippen LogP contribution in [0.5, 0.6) is 0 Å². The van der Waals surface area contributed by atoms with Crippen molar-refractivity contribution in [2.75, 3.05) is 5.75 Å². The van der Waals surface area contributed by atoms with Crippen molar-refractivity contribution in [3.8, 4) is 11.3 Å². The molecule has 0 atom stereocenters. The predicted octanol–water partition coefficient (Wildman–Crippen LogP) is 2.85. The molecule has 0 aliphatic rings. The highest BCUT2D eigenvalue weighted by atomic mass is 32.2. The van der Waals surface area contributed by atoms with Gasteiger partial charge in [0.25, 0.3) is 5.91 Å². The summed E-state index contributed by atoms with van der Waals surface area (Å²) in [6.45, 7) is 2.20. The molecular formula is C14H18N4OS. The number of carbonyl (C=O) groups excluding carboxylic acids is 1. The van der Waals surface area contributed by atoms with Gasteiger partial charge in [0.15, 0.2) is 5.69 Å². The molecule has 2 aromatic rings. The monoisotopic (exact) mass is 290 g/mol. The first-order chi connectivity index (χ1) is 9.72. The van der Waals surface area contributed by atoms with Crippen molar-refractivity contribution in [2.45, 2.75) is 31.1 Å². The number of aromatic nitrogens is 3. The number of hydrogen-bond donors (Lipinski definition) is 2. The summed E-state index contributed by atoms with van der Waals surface area (Å²) in [4.78, 5) is 12.4. The topological polar surface area (TPSA) is 84.7 Å². The van der Waals surface area contributed by atoms with Gasteiger partial charge in [0.2, 0.25) is 0 Å². The van der Waals surface area contributed by atoms with Crippen molar-refractivity contribution in [1.29, 1.82) is 0 Å². The van der Waals surface area contributed by atoms with Gasteiger partial charge in [-0.3, -0.25) is 4.79 Å². The minimum absolute atomic E-state index is 0.179. The molecule has 0 bridgehead atoms. The highest BCUT2D eigenvalue weighted by Crippen LogP contribution is 2.26. The van der Waals surface area contributed by atoms with Gasteiger partial charge in [-0.15, -0.1) is 11.8 Å². The zero-order valence-corrected chi connectivity index (χ0v) is 12.2. The van der Waals surface area contributed by atoms with E-state index in [1.807, 2.05) is 30.0 Å². The van der Waals surface area contributed by atoms with E-state index in [9.17, 15) is 4.79 Å². The number of aromatic amines is 1. The molecule has 2 rings (SSSR count). The molecule has 1 amide bonds. The standard InChI is InChI=1S/C14H18N4OS/c1-2-3-4-8-20-11-7-5-6-10(9-11)12-13(14(15)19)17-18-16-12/h5-7,9H,2-4,8H2,1H3,(H2,15,19)(H,16,17,18). The number of H-pyrrole nitrogens is 1. The third kappa shape index (κ3) is 3.60. The van der Waals surface area contributed by atoms with Crippen LogP contribution in [0.4, 0.5) is 0 Å². The molecule has 0 saturated carbocycles. The molecule has 20 heavy (non-hydrogen) atoms. The van der Waals surface area contributed by atoms with Gasteiger partial charge >= 0.3 is 0 Å². The molecular weight excluding hydrogens is 272 g/mol. The largest absolute Gasteiger partial charge is 0.364 e. The maximum Gasteiger partial charge on any atom is 0.271 e. The van der Waals surface area contributed by atoms with E-state index in [0.717, 1.165) is 16.2 Å². The number of carbonyl (C=O) groups is 1. The van der Waals surface area contributed by atoms with Crippen molar-refractivity contribution in [1.82, 2.24) is 15.4 Å². The van der Waals surface area contributed by atoms with E-state index >= 15 is 0 Å². The van der Waals surface area contributed by atoms with Crippen molar-refractivity contribution in [3.05, 3.63) is 30.0 Å². The molecule has 6 heteroatoms. The molecule has 1 heterocycles. The summed E-state index contributed by atoms with van der Waals surface area (Å²) in [5.41, 5.74) is 6.82. The highest BCUT2D eigenvalue weighted by molar-refractivity contribution is 7.99. The Balaban J connectivity index is 2.13. The quantitative estimate of drug-likeness (QED) is 0.606. The second-order valence-electron chi connectivity index (χ2n) is 4.47. The van der Waals surface area contributed by atoms with Crippen molar-refractivity contribution >= 4 is 17.7 Å². The van der Waals surface area contributed by atoms with Crippen LogP contribution < -0.4 is 5.73 Å². The van der Waals surface area contributed by atoms with Crippen molar-refractivity contribution < 1.29 is 4.79 Å². The summed E-state index contributed by atoms with van der Waals surface area (Å²) in [6, 6.07) is 7.93. The summed E-state index contributed by atoms with van der Waals surface area (Å²) < 4.78 is 0. The van der Waals surface area contributed by atoms with Gasteiger partial charge in [-0.25, -0.2) is 0 Å². The number of unbranched alkanes of at least 4 members (excludes halogenated alkanes) is 2. The Hall–Kier alpha value is -1.82. The summed E-state index contributed by atoms with van der Waals surface area (Å²) in [5.74, 6) is 0.522. The number of benzene rings is 1. The molecule has 106 valence electrons. The lowest BCUT2D eigenvalue weighted by Gasteiger charge is -2.04. The zero-order valence-electron chi connectivity index (χ0n) is 11.4. The molecule has 3 N–H and O–H groups in total. The number of nitrogens with zero attached hydrogens (tertiary/aromatic N) is 2. The highest BCUT2D eigenvalue weighted by Gasteiger charge is 2.15. The minimum Gasteiger partial charge on any atom is -0.364 e. The Morgan fingerprint density at radius 1 is 1.35 bits per heavy atom. The van der Waals surface area contributed by atoms with Gasteiger partial charge in [0.1, 0.15) is 5.69 Å².